The van der Waals surface area contributed by atoms with E-state index < -0.39 is 0 Å². The summed E-state index contributed by atoms with van der Waals surface area (Å²) in [7, 11) is 0. The maximum absolute atomic E-state index is 13.1. The molecule has 127 valence electrons. The second-order valence-electron chi connectivity index (χ2n) is 6.37. The van der Waals surface area contributed by atoms with Crippen molar-refractivity contribution in [3.63, 3.8) is 0 Å². The van der Waals surface area contributed by atoms with Gasteiger partial charge in [-0.25, -0.2) is 0 Å². The number of amides is 1. The second kappa shape index (κ2) is 7.40. The van der Waals surface area contributed by atoms with E-state index in [1.54, 1.807) is 0 Å². The van der Waals surface area contributed by atoms with Gasteiger partial charge in [0.05, 0.1) is 0 Å². The molecular formula is C24H20NO. The van der Waals surface area contributed by atoms with Crippen molar-refractivity contribution in [3.05, 3.63) is 120 Å². The Morgan fingerprint density at radius 1 is 0.769 bits per heavy atom. The monoisotopic (exact) mass is 338 g/mol. The van der Waals surface area contributed by atoms with Crippen LogP contribution in [0.25, 0.3) is 5.70 Å². The van der Waals surface area contributed by atoms with Crippen LogP contribution in [0.5, 0.6) is 0 Å². The first-order chi connectivity index (χ1) is 12.8. The first-order valence-electron chi connectivity index (χ1n) is 8.85. The number of benzene rings is 3. The Bertz CT molecular complexity index is 901. The van der Waals surface area contributed by atoms with Crippen LogP contribution in [-0.2, 0) is 0 Å². The summed E-state index contributed by atoms with van der Waals surface area (Å²) < 4.78 is 0. The third-order valence-electron chi connectivity index (χ3n) is 4.69. The van der Waals surface area contributed by atoms with E-state index >= 15 is 0 Å². The molecule has 0 saturated heterocycles. The highest BCUT2D eigenvalue weighted by molar-refractivity contribution is 6.00. The van der Waals surface area contributed by atoms with Gasteiger partial charge in [0.25, 0.3) is 5.91 Å². The maximum atomic E-state index is 13.1. The molecule has 1 aliphatic rings. The van der Waals surface area contributed by atoms with Gasteiger partial charge < -0.3 is 4.90 Å². The van der Waals surface area contributed by atoms with E-state index in [1.165, 1.54) is 5.56 Å². The van der Waals surface area contributed by atoms with Crippen LogP contribution in [0, 0.1) is 6.42 Å². The van der Waals surface area contributed by atoms with Crippen LogP contribution in [0.4, 0.5) is 0 Å². The first kappa shape index (κ1) is 16.3. The van der Waals surface area contributed by atoms with Crippen LogP contribution in [0.15, 0.2) is 97.1 Å². The normalized spacial score (nSPS) is 16.8. The minimum absolute atomic E-state index is 0.0310. The number of rotatable bonds is 3. The largest absolute Gasteiger partial charge is 0.308 e. The van der Waals surface area contributed by atoms with Gasteiger partial charge in [-0.2, -0.15) is 0 Å². The lowest BCUT2D eigenvalue weighted by Gasteiger charge is -2.32. The standard InChI is InChI=1S/C24H20NO/c26-24(21-14-8-3-9-15-21)25-17-16-22(19-10-4-1-5-11-19)18-23(25)20-12-6-2-7-13-20/h1-16,18,22H,17H2. The minimum atomic E-state index is 0.0310. The second-order valence-corrected chi connectivity index (χ2v) is 6.37. The molecule has 2 heteroatoms. The molecule has 3 aromatic rings. The van der Waals surface area contributed by atoms with Crippen LogP contribution in [0.3, 0.4) is 0 Å². The average molecular weight is 338 g/mol. The Morgan fingerprint density at radius 2 is 1.35 bits per heavy atom. The fraction of sp³-hybridized carbons (Fsp3) is 0.0833. The smallest absolute Gasteiger partial charge is 0.258 e. The van der Waals surface area contributed by atoms with Gasteiger partial charge in [0.1, 0.15) is 0 Å². The SMILES string of the molecule is O=C(c1ccccc1)N1C[CH]C(c2ccccc2)C=C1c1ccccc1. The lowest BCUT2D eigenvalue weighted by Crippen LogP contribution is -2.34. The Balaban J connectivity index is 1.74. The van der Waals surface area contributed by atoms with E-state index in [4.69, 9.17) is 0 Å². The summed E-state index contributed by atoms with van der Waals surface area (Å²) in [6.07, 6.45) is 4.39. The van der Waals surface area contributed by atoms with Crippen molar-refractivity contribution in [3.8, 4) is 0 Å². The summed E-state index contributed by atoms with van der Waals surface area (Å²) >= 11 is 0. The fourth-order valence-electron chi connectivity index (χ4n) is 3.34. The van der Waals surface area contributed by atoms with Crippen molar-refractivity contribution in [1.82, 2.24) is 4.90 Å². The van der Waals surface area contributed by atoms with Crippen molar-refractivity contribution in [2.24, 2.45) is 0 Å². The lowest BCUT2D eigenvalue weighted by atomic mass is 9.89. The van der Waals surface area contributed by atoms with Crippen LogP contribution >= 0.6 is 0 Å². The molecule has 0 aliphatic carbocycles. The molecule has 0 N–H and O–H groups in total. The van der Waals surface area contributed by atoms with E-state index in [0.717, 1.165) is 11.3 Å². The van der Waals surface area contributed by atoms with Crippen molar-refractivity contribution in [2.75, 3.05) is 6.54 Å². The van der Waals surface area contributed by atoms with Crippen molar-refractivity contribution >= 4 is 11.6 Å². The van der Waals surface area contributed by atoms with Crippen molar-refractivity contribution in [2.45, 2.75) is 5.92 Å². The van der Waals surface area contributed by atoms with Gasteiger partial charge in [-0.05, 0) is 29.7 Å². The molecule has 0 saturated carbocycles. The summed E-state index contributed by atoms with van der Waals surface area (Å²) in [4.78, 5) is 15.0. The highest BCUT2D eigenvalue weighted by atomic mass is 16.2. The number of carbonyl (C=O) groups is 1. The van der Waals surface area contributed by atoms with E-state index in [9.17, 15) is 4.79 Å². The summed E-state index contributed by atoms with van der Waals surface area (Å²) in [6.45, 7) is 0.591. The molecule has 0 spiro atoms. The molecule has 4 rings (SSSR count). The molecule has 1 aliphatic heterocycles. The Kier molecular flexibility index (Phi) is 4.65. The molecule has 3 aromatic carbocycles. The zero-order chi connectivity index (χ0) is 17.8. The van der Waals surface area contributed by atoms with Gasteiger partial charge in [-0.15, -0.1) is 0 Å². The molecule has 1 amide bonds. The number of nitrogens with zero attached hydrogens (tertiary/aromatic N) is 1. The van der Waals surface area contributed by atoms with Crippen LogP contribution in [0.1, 0.15) is 27.4 Å². The molecule has 0 fully saturated rings. The number of hydrogen-bond acceptors (Lipinski definition) is 1. The number of hydrogen-bond donors (Lipinski definition) is 0. The quantitative estimate of drug-likeness (QED) is 0.645. The highest BCUT2D eigenvalue weighted by Crippen LogP contribution is 2.33. The van der Waals surface area contributed by atoms with Crippen LogP contribution in [-0.4, -0.2) is 17.4 Å². The third-order valence-corrected chi connectivity index (χ3v) is 4.69. The van der Waals surface area contributed by atoms with Crippen molar-refractivity contribution in [1.29, 1.82) is 0 Å². The Labute approximate surface area is 154 Å². The van der Waals surface area contributed by atoms with E-state index in [0.29, 0.717) is 12.1 Å². The van der Waals surface area contributed by atoms with E-state index in [-0.39, 0.29) is 11.8 Å². The molecule has 2 nitrogen and oxygen atoms in total. The first-order valence-corrected chi connectivity index (χ1v) is 8.85. The molecule has 1 atom stereocenters. The molecule has 26 heavy (non-hydrogen) atoms. The minimum Gasteiger partial charge on any atom is -0.308 e. The third kappa shape index (κ3) is 3.31. The molecule has 1 heterocycles. The number of allylic oxidation sites excluding steroid dienone is 1. The van der Waals surface area contributed by atoms with Gasteiger partial charge in [0.15, 0.2) is 0 Å². The van der Waals surface area contributed by atoms with E-state index in [2.05, 4.69) is 48.9 Å². The Morgan fingerprint density at radius 3 is 2.00 bits per heavy atom. The molecule has 1 radical (unpaired) electrons. The average Bonchev–Trinajstić information content (AvgIpc) is 2.75. The maximum Gasteiger partial charge on any atom is 0.258 e. The fourth-order valence-corrected chi connectivity index (χ4v) is 3.34. The summed E-state index contributed by atoms with van der Waals surface area (Å²) in [5.74, 6) is 0.231. The number of carbonyl (C=O) groups excluding carboxylic acids is 1. The summed E-state index contributed by atoms with van der Waals surface area (Å²) in [5, 5.41) is 0. The van der Waals surface area contributed by atoms with Crippen LogP contribution in [0.2, 0.25) is 0 Å². The zero-order valence-electron chi connectivity index (χ0n) is 14.5. The van der Waals surface area contributed by atoms with Gasteiger partial charge in [-0.1, -0.05) is 84.9 Å². The molecular weight excluding hydrogens is 318 g/mol. The highest BCUT2D eigenvalue weighted by Gasteiger charge is 2.27. The predicted molar refractivity (Wildman–Crippen MR) is 105 cm³/mol. The molecule has 0 aromatic heterocycles. The summed E-state index contributed by atoms with van der Waals surface area (Å²) in [5.41, 5.74) is 3.98. The lowest BCUT2D eigenvalue weighted by molar-refractivity contribution is 0.0839. The predicted octanol–water partition coefficient (Wildman–Crippen LogP) is 5.17. The zero-order valence-corrected chi connectivity index (χ0v) is 14.5. The van der Waals surface area contributed by atoms with Crippen LogP contribution < -0.4 is 0 Å². The summed E-state index contributed by atoms with van der Waals surface area (Å²) in [6, 6.07) is 30.0. The van der Waals surface area contributed by atoms with E-state index in [1.807, 2.05) is 59.5 Å². The van der Waals surface area contributed by atoms with Gasteiger partial charge in [0.2, 0.25) is 0 Å². The van der Waals surface area contributed by atoms with Gasteiger partial charge in [-0.3, -0.25) is 4.79 Å². The van der Waals surface area contributed by atoms with Crippen molar-refractivity contribution < 1.29 is 4.79 Å². The van der Waals surface area contributed by atoms with Gasteiger partial charge in [0, 0.05) is 23.7 Å². The Hall–Kier alpha value is -3.13. The molecule has 1 unspecified atom stereocenters. The van der Waals surface area contributed by atoms with Gasteiger partial charge >= 0.3 is 0 Å². The molecule has 0 bridgehead atoms. The topological polar surface area (TPSA) is 20.3 Å².